The molecule has 0 spiro atoms. The van der Waals surface area contributed by atoms with Gasteiger partial charge in [0.2, 0.25) is 0 Å². The summed E-state index contributed by atoms with van der Waals surface area (Å²) < 4.78 is 1.71. The van der Waals surface area contributed by atoms with Gasteiger partial charge in [-0.3, -0.25) is 4.68 Å². The molecule has 3 nitrogen and oxygen atoms in total. The molecule has 1 atom stereocenters. The van der Waals surface area contributed by atoms with E-state index in [2.05, 4.69) is 24.2 Å². The van der Waals surface area contributed by atoms with E-state index in [1.165, 1.54) is 0 Å². The SMILES string of the molecule is CCCC(N)(Cc1c(C)nn(C)c1Cl)c1ccccc1. The van der Waals surface area contributed by atoms with Crippen molar-refractivity contribution >= 4 is 11.6 Å². The van der Waals surface area contributed by atoms with Crippen LogP contribution < -0.4 is 5.73 Å². The van der Waals surface area contributed by atoms with E-state index in [1.807, 2.05) is 32.2 Å². The maximum Gasteiger partial charge on any atom is 0.130 e. The maximum atomic E-state index is 6.71. The second-order valence-electron chi connectivity index (χ2n) is 5.43. The zero-order chi connectivity index (χ0) is 14.8. The molecule has 108 valence electrons. The molecule has 0 saturated heterocycles. The van der Waals surface area contributed by atoms with Gasteiger partial charge >= 0.3 is 0 Å². The number of hydrogen-bond acceptors (Lipinski definition) is 2. The molecule has 4 heteroatoms. The topological polar surface area (TPSA) is 43.8 Å². The Morgan fingerprint density at radius 3 is 2.45 bits per heavy atom. The minimum atomic E-state index is -0.395. The average Bonchev–Trinajstić information content (AvgIpc) is 2.67. The molecule has 0 amide bonds. The summed E-state index contributed by atoms with van der Waals surface area (Å²) in [5.41, 5.74) is 9.48. The Bertz CT molecular complexity index is 577. The number of aryl methyl sites for hydroxylation is 2. The lowest BCUT2D eigenvalue weighted by Gasteiger charge is -2.30. The van der Waals surface area contributed by atoms with Crippen molar-refractivity contribution < 1.29 is 0 Å². The van der Waals surface area contributed by atoms with Crippen molar-refractivity contribution in [1.29, 1.82) is 0 Å². The fourth-order valence-corrected chi connectivity index (χ4v) is 2.98. The Kier molecular flexibility index (Phi) is 4.51. The Morgan fingerprint density at radius 2 is 1.95 bits per heavy atom. The van der Waals surface area contributed by atoms with E-state index in [9.17, 15) is 0 Å². The van der Waals surface area contributed by atoms with Crippen LogP contribution in [-0.2, 0) is 19.0 Å². The van der Waals surface area contributed by atoms with Gasteiger partial charge in [-0.2, -0.15) is 5.10 Å². The van der Waals surface area contributed by atoms with Crippen molar-refractivity contribution in [3.63, 3.8) is 0 Å². The number of halogens is 1. The standard InChI is InChI=1S/C16H22ClN3/c1-4-10-16(18,13-8-6-5-7-9-13)11-14-12(2)19-20(3)15(14)17/h5-9H,4,10-11,18H2,1-3H3. The van der Waals surface area contributed by atoms with Gasteiger partial charge in [0.05, 0.1) is 5.69 Å². The number of nitrogens with two attached hydrogens (primary N) is 1. The number of aromatic nitrogens is 2. The van der Waals surface area contributed by atoms with Gasteiger partial charge in [0.1, 0.15) is 5.15 Å². The molecule has 0 saturated carbocycles. The van der Waals surface area contributed by atoms with Crippen LogP contribution in [0.4, 0.5) is 0 Å². The highest BCUT2D eigenvalue weighted by atomic mass is 35.5. The molecule has 2 N–H and O–H groups in total. The molecule has 2 aromatic rings. The average molecular weight is 292 g/mol. The van der Waals surface area contributed by atoms with Gasteiger partial charge in [0.25, 0.3) is 0 Å². The van der Waals surface area contributed by atoms with Crippen LogP contribution in [-0.4, -0.2) is 9.78 Å². The maximum absolute atomic E-state index is 6.71. The van der Waals surface area contributed by atoms with Crippen molar-refractivity contribution in [1.82, 2.24) is 9.78 Å². The second-order valence-corrected chi connectivity index (χ2v) is 5.79. The summed E-state index contributed by atoms with van der Waals surface area (Å²) in [5, 5.41) is 5.06. The zero-order valence-corrected chi connectivity index (χ0v) is 13.1. The summed E-state index contributed by atoms with van der Waals surface area (Å²) in [5.74, 6) is 0. The first-order valence-electron chi connectivity index (χ1n) is 7.00. The largest absolute Gasteiger partial charge is 0.321 e. The Morgan fingerprint density at radius 1 is 1.30 bits per heavy atom. The molecule has 0 aliphatic heterocycles. The summed E-state index contributed by atoms with van der Waals surface area (Å²) in [6.45, 7) is 4.14. The minimum Gasteiger partial charge on any atom is -0.321 e. The van der Waals surface area contributed by atoms with Crippen LogP contribution in [0.3, 0.4) is 0 Å². The predicted octanol–water partition coefficient (Wildman–Crippen LogP) is 3.58. The van der Waals surface area contributed by atoms with Crippen LogP contribution in [0.25, 0.3) is 0 Å². The molecular formula is C16H22ClN3. The highest BCUT2D eigenvalue weighted by molar-refractivity contribution is 6.30. The van der Waals surface area contributed by atoms with E-state index in [1.54, 1.807) is 4.68 Å². The molecular weight excluding hydrogens is 270 g/mol. The fraction of sp³-hybridized carbons (Fsp3) is 0.438. The summed E-state index contributed by atoms with van der Waals surface area (Å²) in [6.07, 6.45) is 2.66. The van der Waals surface area contributed by atoms with Gasteiger partial charge in [-0.1, -0.05) is 55.3 Å². The van der Waals surface area contributed by atoms with E-state index in [4.69, 9.17) is 17.3 Å². The van der Waals surface area contributed by atoms with Crippen molar-refractivity contribution in [2.45, 2.75) is 38.6 Å². The fourth-order valence-electron chi connectivity index (χ4n) is 2.74. The van der Waals surface area contributed by atoms with Crippen molar-refractivity contribution in [3.05, 3.63) is 52.3 Å². The van der Waals surface area contributed by atoms with Gasteiger partial charge in [0.15, 0.2) is 0 Å². The van der Waals surface area contributed by atoms with E-state index in [0.717, 1.165) is 29.7 Å². The van der Waals surface area contributed by atoms with Crippen LogP contribution in [0, 0.1) is 6.92 Å². The van der Waals surface area contributed by atoms with Crippen LogP contribution in [0.2, 0.25) is 5.15 Å². The molecule has 1 aromatic heterocycles. The van der Waals surface area contributed by atoms with Gasteiger partial charge in [-0.15, -0.1) is 0 Å². The highest BCUT2D eigenvalue weighted by Crippen LogP contribution is 2.31. The smallest absolute Gasteiger partial charge is 0.130 e. The monoisotopic (exact) mass is 291 g/mol. The van der Waals surface area contributed by atoms with Gasteiger partial charge in [-0.25, -0.2) is 0 Å². The molecule has 20 heavy (non-hydrogen) atoms. The van der Waals surface area contributed by atoms with Gasteiger partial charge in [0, 0.05) is 18.2 Å². The lowest BCUT2D eigenvalue weighted by molar-refractivity contribution is 0.400. The molecule has 0 bridgehead atoms. The first kappa shape index (κ1) is 15.1. The first-order valence-corrected chi connectivity index (χ1v) is 7.38. The zero-order valence-electron chi connectivity index (χ0n) is 12.4. The number of rotatable bonds is 5. The van der Waals surface area contributed by atoms with Crippen LogP contribution in [0.15, 0.2) is 30.3 Å². The van der Waals surface area contributed by atoms with E-state index < -0.39 is 5.54 Å². The van der Waals surface area contributed by atoms with Crippen LogP contribution in [0.1, 0.15) is 36.6 Å². The van der Waals surface area contributed by atoms with Crippen molar-refractivity contribution in [2.75, 3.05) is 0 Å². The molecule has 1 unspecified atom stereocenters. The normalized spacial score (nSPS) is 14.2. The molecule has 2 rings (SSSR count). The summed E-state index contributed by atoms with van der Waals surface area (Å²) in [7, 11) is 1.86. The lowest BCUT2D eigenvalue weighted by atomic mass is 9.81. The third-order valence-corrected chi connectivity index (χ3v) is 4.28. The molecule has 1 heterocycles. The third-order valence-electron chi connectivity index (χ3n) is 3.81. The van der Waals surface area contributed by atoms with Crippen LogP contribution in [0.5, 0.6) is 0 Å². The summed E-state index contributed by atoms with van der Waals surface area (Å²) >= 11 is 6.35. The lowest BCUT2D eigenvalue weighted by Crippen LogP contribution is -2.39. The van der Waals surface area contributed by atoms with E-state index in [0.29, 0.717) is 11.6 Å². The first-order chi connectivity index (χ1) is 9.48. The molecule has 0 aliphatic carbocycles. The highest BCUT2D eigenvalue weighted by Gasteiger charge is 2.29. The molecule has 0 radical (unpaired) electrons. The number of hydrogen-bond donors (Lipinski definition) is 1. The second kappa shape index (κ2) is 5.98. The predicted molar refractivity (Wildman–Crippen MR) is 83.9 cm³/mol. The Hall–Kier alpha value is -1.32. The number of benzene rings is 1. The van der Waals surface area contributed by atoms with Gasteiger partial charge in [-0.05, 0) is 25.3 Å². The summed E-state index contributed by atoms with van der Waals surface area (Å²) in [6, 6.07) is 10.3. The van der Waals surface area contributed by atoms with Gasteiger partial charge < -0.3 is 5.73 Å². The molecule has 1 aromatic carbocycles. The van der Waals surface area contributed by atoms with Crippen molar-refractivity contribution in [2.24, 2.45) is 12.8 Å². The number of nitrogens with zero attached hydrogens (tertiary/aromatic N) is 2. The Balaban J connectivity index is 2.39. The molecule has 0 aliphatic rings. The van der Waals surface area contributed by atoms with E-state index >= 15 is 0 Å². The van der Waals surface area contributed by atoms with Crippen LogP contribution >= 0.6 is 11.6 Å². The molecule has 0 fully saturated rings. The van der Waals surface area contributed by atoms with E-state index in [-0.39, 0.29) is 0 Å². The minimum absolute atomic E-state index is 0.395. The van der Waals surface area contributed by atoms with Crippen molar-refractivity contribution in [3.8, 4) is 0 Å². The quantitative estimate of drug-likeness (QED) is 0.915. The summed E-state index contributed by atoms with van der Waals surface area (Å²) in [4.78, 5) is 0. The third kappa shape index (κ3) is 2.89. The Labute approximate surface area is 125 Å².